The molecule has 26 heavy (non-hydrogen) atoms. The van der Waals surface area contributed by atoms with E-state index in [2.05, 4.69) is 20.8 Å². The van der Waals surface area contributed by atoms with E-state index in [4.69, 9.17) is 11.6 Å². The van der Waals surface area contributed by atoms with Gasteiger partial charge in [0, 0.05) is 29.7 Å². The fourth-order valence-electron chi connectivity index (χ4n) is 2.48. The molecule has 0 radical (unpaired) electrons. The van der Waals surface area contributed by atoms with Crippen molar-refractivity contribution in [1.29, 1.82) is 0 Å². The van der Waals surface area contributed by atoms with Gasteiger partial charge in [-0.2, -0.15) is 5.10 Å². The minimum atomic E-state index is -0.227. The first-order valence-electron chi connectivity index (χ1n) is 7.97. The Kier molecular flexibility index (Phi) is 5.34. The zero-order valence-corrected chi connectivity index (χ0v) is 14.8. The van der Waals surface area contributed by atoms with Gasteiger partial charge in [-0.05, 0) is 29.8 Å². The number of nitrogens with zero attached hydrogens (tertiary/aromatic N) is 1. The molecular weight excluding hydrogens is 352 g/mol. The van der Waals surface area contributed by atoms with Gasteiger partial charge < -0.3 is 10.6 Å². The van der Waals surface area contributed by atoms with E-state index in [1.807, 2.05) is 24.3 Å². The third-order valence-corrected chi connectivity index (χ3v) is 4.00. The largest absolute Gasteiger partial charge is 0.348 e. The molecule has 0 saturated heterocycles. The lowest BCUT2D eigenvalue weighted by molar-refractivity contribution is -0.114. The van der Waals surface area contributed by atoms with Crippen molar-refractivity contribution in [3.05, 3.63) is 70.9 Å². The normalized spacial score (nSPS) is 10.4. The Hall–Kier alpha value is -3.12. The van der Waals surface area contributed by atoms with Gasteiger partial charge in [0.1, 0.15) is 0 Å². The number of hydrogen-bond donors (Lipinski definition) is 3. The first-order valence-corrected chi connectivity index (χ1v) is 8.35. The summed E-state index contributed by atoms with van der Waals surface area (Å²) in [5.74, 6) is -0.352. The summed E-state index contributed by atoms with van der Waals surface area (Å²) in [6.45, 7) is 1.82. The van der Waals surface area contributed by atoms with E-state index >= 15 is 0 Å². The number of rotatable bonds is 5. The van der Waals surface area contributed by atoms with Gasteiger partial charge in [-0.15, -0.1) is 0 Å². The minimum absolute atomic E-state index is 0.124. The highest BCUT2D eigenvalue weighted by Crippen LogP contribution is 2.23. The number of hydrogen-bond acceptors (Lipinski definition) is 3. The minimum Gasteiger partial charge on any atom is -0.348 e. The van der Waals surface area contributed by atoms with Gasteiger partial charge in [0.2, 0.25) is 5.91 Å². The van der Waals surface area contributed by atoms with Crippen LogP contribution in [-0.2, 0) is 11.3 Å². The second kappa shape index (κ2) is 7.84. The predicted octanol–water partition coefficient (Wildman–Crippen LogP) is 3.62. The third-order valence-electron chi connectivity index (χ3n) is 3.74. The molecule has 0 bridgehead atoms. The van der Waals surface area contributed by atoms with Gasteiger partial charge in [-0.3, -0.25) is 14.7 Å². The molecule has 3 rings (SSSR count). The number of carbonyl (C=O) groups excluding carboxylic acids is 2. The van der Waals surface area contributed by atoms with Crippen LogP contribution in [0.25, 0.3) is 11.3 Å². The summed E-state index contributed by atoms with van der Waals surface area (Å²) in [5.41, 5.74) is 3.57. The maximum Gasteiger partial charge on any atom is 0.255 e. The van der Waals surface area contributed by atoms with Crippen molar-refractivity contribution in [3.8, 4) is 11.3 Å². The molecule has 3 N–H and O–H groups in total. The van der Waals surface area contributed by atoms with Gasteiger partial charge in [-0.25, -0.2) is 0 Å². The van der Waals surface area contributed by atoms with Crippen LogP contribution in [0.2, 0.25) is 5.02 Å². The topological polar surface area (TPSA) is 86.9 Å². The van der Waals surface area contributed by atoms with Crippen molar-refractivity contribution >= 4 is 29.1 Å². The Bertz CT molecular complexity index is 917. The highest BCUT2D eigenvalue weighted by atomic mass is 35.5. The molecule has 1 heterocycles. The number of carbonyl (C=O) groups is 2. The number of aromatic amines is 1. The molecule has 0 atom stereocenters. The van der Waals surface area contributed by atoms with Gasteiger partial charge in [0.15, 0.2) is 0 Å². The molecule has 2 aromatic carbocycles. The van der Waals surface area contributed by atoms with E-state index in [9.17, 15) is 9.59 Å². The van der Waals surface area contributed by atoms with E-state index in [0.717, 1.165) is 11.1 Å². The van der Waals surface area contributed by atoms with E-state index in [1.54, 1.807) is 24.3 Å². The van der Waals surface area contributed by atoms with E-state index in [0.29, 0.717) is 28.5 Å². The second-order valence-electron chi connectivity index (χ2n) is 5.73. The van der Waals surface area contributed by atoms with Gasteiger partial charge in [0.25, 0.3) is 5.91 Å². The molecule has 0 aliphatic rings. The maximum absolute atomic E-state index is 12.5. The van der Waals surface area contributed by atoms with Crippen LogP contribution >= 0.6 is 11.6 Å². The second-order valence-corrected chi connectivity index (χ2v) is 6.16. The van der Waals surface area contributed by atoms with Crippen LogP contribution in [0.3, 0.4) is 0 Å². The Morgan fingerprint density at radius 1 is 1.08 bits per heavy atom. The zero-order chi connectivity index (χ0) is 18.5. The Morgan fingerprint density at radius 3 is 2.42 bits per heavy atom. The van der Waals surface area contributed by atoms with E-state index < -0.39 is 0 Å². The average Bonchev–Trinajstić information content (AvgIpc) is 3.11. The molecule has 1 aromatic heterocycles. The standard InChI is InChI=1S/C19H17ClN4O2/c1-12(25)23-16-8-2-13(3-9-16)10-21-19(26)17-11-22-24-18(17)14-4-6-15(20)7-5-14/h2-9,11H,10H2,1H3,(H,21,26)(H,22,24)(H,23,25). The first kappa shape index (κ1) is 17.7. The molecule has 2 amide bonds. The molecule has 132 valence electrons. The van der Waals surface area contributed by atoms with Crippen LogP contribution in [-0.4, -0.2) is 22.0 Å². The van der Waals surface area contributed by atoms with Crippen molar-refractivity contribution in [2.45, 2.75) is 13.5 Å². The monoisotopic (exact) mass is 368 g/mol. The summed E-state index contributed by atoms with van der Waals surface area (Å²) in [7, 11) is 0. The van der Waals surface area contributed by atoms with Crippen LogP contribution in [0.5, 0.6) is 0 Å². The quantitative estimate of drug-likeness (QED) is 0.642. The summed E-state index contributed by atoms with van der Waals surface area (Å²) in [6, 6.07) is 14.5. The van der Waals surface area contributed by atoms with Crippen LogP contribution in [0.4, 0.5) is 5.69 Å². The number of H-pyrrole nitrogens is 1. The van der Waals surface area contributed by atoms with Gasteiger partial charge >= 0.3 is 0 Å². The molecule has 7 heteroatoms. The van der Waals surface area contributed by atoms with Crippen molar-refractivity contribution in [2.75, 3.05) is 5.32 Å². The summed E-state index contributed by atoms with van der Waals surface area (Å²) in [6.07, 6.45) is 1.50. The molecule has 0 saturated carbocycles. The van der Waals surface area contributed by atoms with Crippen LogP contribution in [0, 0.1) is 0 Å². The number of amides is 2. The maximum atomic E-state index is 12.5. The number of halogens is 1. The Balaban J connectivity index is 1.67. The predicted molar refractivity (Wildman–Crippen MR) is 101 cm³/mol. The van der Waals surface area contributed by atoms with Gasteiger partial charge in [0.05, 0.1) is 17.5 Å². The molecule has 6 nitrogen and oxygen atoms in total. The molecule has 0 fully saturated rings. The van der Waals surface area contributed by atoms with Crippen LogP contribution in [0.15, 0.2) is 54.7 Å². The fourth-order valence-corrected chi connectivity index (χ4v) is 2.61. The van der Waals surface area contributed by atoms with E-state index in [1.165, 1.54) is 13.1 Å². The first-order chi connectivity index (χ1) is 12.5. The summed E-state index contributed by atoms with van der Waals surface area (Å²) in [4.78, 5) is 23.5. The average molecular weight is 369 g/mol. The van der Waals surface area contributed by atoms with Crippen LogP contribution in [0.1, 0.15) is 22.8 Å². The lowest BCUT2D eigenvalue weighted by Crippen LogP contribution is -2.23. The van der Waals surface area contributed by atoms with Crippen molar-refractivity contribution in [3.63, 3.8) is 0 Å². The third kappa shape index (κ3) is 4.29. The molecular formula is C19H17ClN4O2. The van der Waals surface area contributed by atoms with E-state index in [-0.39, 0.29) is 11.8 Å². The molecule has 3 aromatic rings. The highest BCUT2D eigenvalue weighted by Gasteiger charge is 2.15. The molecule has 0 spiro atoms. The van der Waals surface area contributed by atoms with Crippen molar-refractivity contribution < 1.29 is 9.59 Å². The summed E-state index contributed by atoms with van der Waals surface area (Å²) in [5, 5.41) is 13.0. The number of aromatic nitrogens is 2. The lowest BCUT2D eigenvalue weighted by atomic mass is 10.1. The van der Waals surface area contributed by atoms with Crippen LogP contribution < -0.4 is 10.6 Å². The number of anilines is 1. The van der Waals surface area contributed by atoms with Gasteiger partial charge in [-0.1, -0.05) is 35.9 Å². The highest BCUT2D eigenvalue weighted by molar-refractivity contribution is 6.30. The SMILES string of the molecule is CC(=O)Nc1ccc(CNC(=O)c2cn[nH]c2-c2ccc(Cl)cc2)cc1. The molecule has 0 unspecified atom stereocenters. The summed E-state index contributed by atoms with van der Waals surface area (Å²) < 4.78 is 0. The lowest BCUT2D eigenvalue weighted by Gasteiger charge is -2.07. The van der Waals surface area contributed by atoms with Crippen molar-refractivity contribution in [2.24, 2.45) is 0 Å². The zero-order valence-electron chi connectivity index (χ0n) is 14.0. The fraction of sp³-hybridized carbons (Fsp3) is 0.105. The smallest absolute Gasteiger partial charge is 0.255 e. The number of benzene rings is 2. The Morgan fingerprint density at radius 2 is 1.77 bits per heavy atom. The van der Waals surface area contributed by atoms with Crippen molar-refractivity contribution in [1.82, 2.24) is 15.5 Å². The molecule has 0 aliphatic heterocycles. The number of nitrogens with one attached hydrogen (secondary N) is 3. The summed E-state index contributed by atoms with van der Waals surface area (Å²) >= 11 is 5.90. The molecule has 0 aliphatic carbocycles. The Labute approximate surface area is 155 Å².